The highest BCUT2D eigenvalue weighted by atomic mass is 35.5. The average molecular weight is 482 g/mol. The minimum absolute atomic E-state index is 0.00176. The van der Waals surface area contributed by atoms with E-state index in [9.17, 15) is 9.59 Å². The van der Waals surface area contributed by atoms with Crippen molar-refractivity contribution in [1.82, 2.24) is 14.7 Å². The summed E-state index contributed by atoms with van der Waals surface area (Å²) in [4.78, 5) is 27.3. The maximum Gasteiger partial charge on any atom is 0.253 e. The standard InChI is InChI=1S/C26H28ClN3O4/c1-17-22(25(31)9-6-21-16-33-10-11-34-21)7-8-24-23(17)15-30(28-24)14-18-12-29(13-18)26(32)19-2-4-20(27)5-3-19/h2-5,7-8,15,18,21H,6,9-14,16H2,1H3/t21-/m1/s1. The normalized spacial score (nSPS) is 18.8. The highest BCUT2D eigenvalue weighted by Crippen LogP contribution is 2.25. The molecule has 0 bridgehead atoms. The van der Waals surface area contributed by atoms with E-state index in [1.54, 1.807) is 24.3 Å². The van der Waals surface area contributed by atoms with Crippen molar-refractivity contribution in [3.8, 4) is 0 Å². The summed E-state index contributed by atoms with van der Waals surface area (Å²) >= 11 is 5.91. The van der Waals surface area contributed by atoms with E-state index in [1.165, 1.54) is 0 Å². The van der Waals surface area contributed by atoms with Crippen LogP contribution in [0.1, 0.15) is 39.1 Å². The first-order valence-corrected chi connectivity index (χ1v) is 12.1. The number of aryl methyl sites for hydroxylation is 1. The van der Waals surface area contributed by atoms with Gasteiger partial charge in [0.1, 0.15) is 0 Å². The second-order valence-corrected chi connectivity index (χ2v) is 9.57. The molecule has 0 spiro atoms. The molecular weight excluding hydrogens is 454 g/mol. The molecule has 0 radical (unpaired) electrons. The van der Waals surface area contributed by atoms with Crippen molar-refractivity contribution in [3.05, 3.63) is 64.3 Å². The Bertz CT molecular complexity index is 1190. The third kappa shape index (κ3) is 4.87. The van der Waals surface area contributed by atoms with Crippen LogP contribution in [0.4, 0.5) is 0 Å². The lowest BCUT2D eigenvalue weighted by Crippen LogP contribution is -2.51. The second kappa shape index (κ2) is 9.86. The van der Waals surface area contributed by atoms with Crippen molar-refractivity contribution in [1.29, 1.82) is 0 Å². The van der Waals surface area contributed by atoms with Crippen molar-refractivity contribution in [2.75, 3.05) is 32.9 Å². The maximum absolute atomic E-state index is 12.9. The summed E-state index contributed by atoms with van der Waals surface area (Å²) in [5.74, 6) is 0.504. The van der Waals surface area contributed by atoms with Crippen LogP contribution in [0.5, 0.6) is 0 Å². The highest BCUT2D eigenvalue weighted by Gasteiger charge is 2.31. The number of Topliss-reactive ketones (excluding diaryl/α,β-unsaturated/α-hetero) is 1. The number of ketones is 1. The average Bonchev–Trinajstić information content (AvgIpc) is 3.24. The first-order valence-electron chi connectivity index (χ1n) is 11.7. The number of fused-ring (bicyclic) bond motifs is 1. The van der Waals surface area contributed by atoms with Gasteiger partial charge in [-0.1, -0.05) is 11.6 Å². The number of amides is 1. The number of halogens is 1. The molecule has 3 heterocycles. The SMILES string of the molecule is Cc1c(C(=O)CC[C@@H]2COCCO2)ccc2nn(CC3CN(C(=O)c4ccc(Cl)cc4)C3)cc12. The van der Waals surface area contributed by atoms with Crippen LogP contribution in [-0.2, 0) is 16.0 Å². The van der Waals surface area contributed by atoms with E-state index in [1.807, 2.05) is 34.8 Å². The summed E-state index contributed by atoms with van der Waals surface area (Å²) in [7, 11) is 0. The molecule has 1 aromatic heterocycles. The molecule has 2 aliphatic rings. The predicted molar refractivity (Wildman–Crippen MR) is 129 cm³/mol. The number of nitrogens with zero attached hydrogens (tertiary/aromatic N) is 3. The second-order valence-electron chi connectivity index (χ2n) is 9.13. The van der Waals surface area contributed by atoms with E-state index >= 15 is 0 Å². The zero-order valence-electron chi connectivity index (χ0n) is 19.2. The Kier molecular flexibility index (Phi) is 6.68. The van der Waals surface area contributed by atoms with Gasteiger partial charge in [0.05, 0.1) is 31.4 Å². The van der Waals surface area contributed by atoms with Crippen molar-refractivity contribution < 1.29 is 19.1 Å². The molecule has 178 valence electrons. The summed E-state index contributed by atoms with van der Waals surface area (Å²) in [5, 5.41) is 6.32. The van der Waals surface area contributed by atoms with Gasteiger partial charge >= 0.3 is 0 Å². The van der Waals surface area contributed by atoms with Crippen molar-refractivity contribution in [2.24, 2.45) is 5.92 Å². The third-order valence-electron chi connectivity index (χ3n) is 6.67. The Balaban J connectivity index is 1.19. The molecule has 8 heteroatoms. The number of ether oxygens (including phenoxy) is 2. The number of rotatable bonds is 7. The number of hydrogen-bond acceptors (Lipinski definition) is 5. The lowest BCUT2D eigenvalue weighted by molar-refractivity contribution is -0.0902. The molecule has 2 aliphatic heterocycles. The van der Waals surface area contributed by atoms with Gasteiger partial charge in [-0.05, 0) is 55.3 Å². The quantitative estimate of drug-likeness (QED) is 0.474. The fraction of sp³-hybridized carbons (Fsp3) is 0.423. The molecule has 2 fully saturated rings. The van der Waals surface area contributed by atoms with Gasteiger partial charge in [-0.2, -0.15) is 5.10 Å². The van der Waals surface area contributed by atoms with Crippen LogP contribution in [0.2, 0.25) is 5.02 Å². The molecule has 1 amide bonds. The van der Waals surface area contributed by atoms with Crippen LogP contribution in [0.3, 0.4) is 0 Å². The Labute approximate surface area is 203 Å². The van der Waals surface area contributed by atoms with Gasteiger partial charge in [-0.3, -0.25) is 14.3 Å². The molecule has 0 aliphatic carbocycles. The molecule has 2 saturated heterocycles. The Morgan fingerprint density at radius 1 is 1.12 bits per heavy atom. The molecule has 2 aromatic carbocycles. The number of benzene rings is 2. The van der Waals surface area contributed by atoms with Gasteiger partial charge in [0.2, 0.25) is 0 Å². The number of hydrogen-bond donors (Lipinski definition) is 0. The van der Waals surface area contributed by atoms with Gasteiger partial charge in [-0.25, -0.2) is 0 Å². The first kappa shape index (κ1) is 23.0. The van der Waals surface area contributed by atoms with Crippen LogP contribution in [0, 0.1) is 12.8 Å². The Hall–Kier alpha value is -2.74. The van der Waals surface area contributed by atoms with Crippen molar-refractivity contribution in [3.63, 3.8) is 0 Å². The summed E-state index contributed by atoms with van der Waals surface area (Å²) in [6.07, 6.45) is 3.12. The van der Waals surface area contributed by atoms with E-state index in [0.29, 0.717) is 62.3 Å². The molecule has 3 aromatic rings. The van der Waals surface area contributed by atoms with E-state index < -0.39 is 0 Å². The summed E-state index contributed by atoms with van der Waals surface area (Å²) in [5.41, 5.74) is 3.24. The zero-order valence-corrected chi connectivity index (χ0v) is 20.0. The smallest absolute Gasteiger partial charge is 0.253 e. The van der Waals surface area contributed by atoms with E-state index in [2.05, 4.69) is 0 Å². The van der Waals surface area contributed by atoms with Crippen LogP contribution >= 0.6 is 11.6 Å². The number of aromatic nitrogens is 2. The van der Waals surface area contributed by atoms with E-state index in [-0.39, 0.29) is 17.8 Å². The summed E-state index contributed by atoms with van der Waals surface area (Å²) in [6, 6.07) is 10.8. The lowest BCUT2D eigenvalue weighted by Gasteiger charge is -2.39. The number of likely N-dealkylation sites (tertiary alicyclic amines) is 1. The van der Waals surface area contributed by atoms with Gasteiger partial charge in [0.15, 0.2) is 5.78 Å². The molecule has 7 nitrogen and oxygen atoms in total. The van der Waals surface area contributed by atoms with Gasteiger partial charge in [0, 0.05) is 59.7 Å². The zero-order chi connectivity index (χ0) is 23.7. The number of carbonyl (C=O) groups excluding carboxylic acids is 2. The first-order chi connectivity index (χ1) is 16.5. The summed E-state index contributed by atoms with van der Waals surface area (Å²) in [6.45, 7) is 5.90. The lowest BCUT2D eigenvalue weighted by atomic mass is 9.97. The molecule has 0 unspecified atom stereocenters. The molecule has 1 atom stereocenters. The molecule has 0 N–H and O–H groups in total. The fourth-order valence-corrected chi connectivity index (χ4v) is 4.82. The van der Waals surface area contributed by atoms with Gasteiger partial charge in [0.25, 0.3) is 5.91 Å². The largest absolute Gasteiger partial charge is 0.376 e. The van der Waals surface area contributed by atoms with Crippen molar-refractivity contribution in [2.45, 2.75) is 32.4 Å². The monoisotopic (exact) mass is 481 g/mol. The van der Waals surface area contributed by atoms with Crippen LogP contribution in [0.25, 0.3) is 10.9 Å². The molecular formula is C26H28ClN3O4. The highest BCUT2D eigenvalue weighted by molar-refractivity contribution is 6.30. The Morgan fingerprint density at radius 3 is 2.65 bits per heavy atom. The third-order valence-corrected chi connectivity index (χ3v) is 6.92. The molecule has 34 heavy (non-hydrogen) atoms. The van der Waals surface area contributed by atoms with Crippen LogP contribution < -0.4 is 0 Å². The molecule has 0 saturated carbocycles. The predicted octanol–water partition coefficient (Wildman–Crippen LogP) is 4.15. The molecule has 5 rings (SSSR count). The fourth-order valence-electron chi connectivity index (χ4n) is 4.70. The topological polar surface area (TPSA) is 73.7 Å². The van der Waals surface area contributed by atoms with Crippen molar-refractivity contribution >= 4 is 34.2 Å². The minimum Gasteiger partial charge on any atom is -0.376 e. The van der Waals surface area contributed by atoms with E-state index in [0.717, 1.165) is 28.6 Å². The number of carbonyl (C=O) groups is 2. The van der Waals surface area contributed by atoms with E-state index in [4.69, 9.17) is 26.2 Å². The van der Waals surface area contributed by atoms with Gasteiger partial charge in [-0.15, -0.1) is 0 Å². The van der Waals surface area contributed by atoms with Crippen LogP contribution in [-0.4, -0.2) is 65.4 Å². The minimum atomic E-state index is -0.00176. The maximum atomic E-state index is 12.9. The van der Waals surface area contributed by atoms with Crippen LogP contribution in [0.15, 0.2) is 42.6 Å². The van der Waals surface area contributed by atoms with Gasteiger partial charge < -0.3 is 14.4 Å². The summed E-state index contributed by atoms with van der Waals surface area (Å²) < 4.78 is 13.0. The Morgan fingerprint density at radius 2 is 1.91 bits per heavy atom.